The van der Waals surface area contributed by atoms with Gasteiger partial charge in [-0.05, 0) is 0 Å². The summed E-state index contributed by atoms with van der Waals surface area (Å²) in [5.74, 6) is 2.06. The van der Waals surface area contributed by atoms with Crippen molar-refractivity contribution in [2.75, 3.05) is 12.3 Å². The van der Waals surface area contributed by atoms with Crippen LogP contribution in [0.1, 0.15) is 33.1 Å². The van der Waals surface area contributed by atoms with Crippen LogP contribution in [0.2, 0.25) is 0 Å². The van der Waals surface area contributed by atoms with Crippen molar-refractivity contribution < 1.29 is 26.3 Å². The minimum absolute atomic E-state index is 0.103. The molecule has 110 valence electrons. The molecule has 0 aromatic rings. The molecule has 0 bridgehead atoms. The molecule has 0 aromatic carbocycles. The third-order valence-corrected chi connectivity index (χ3v) is 11.1. The second-order valence-electron chi connectivity index (χ2n) is 5.51. The Balaban J connectivity index is 2.75. The molecule has 0 amide bonds. The molecule has 3 unspecified atom stereocenters. The molecule has 0 radical (unpaired) electrons. The van der Waals surface area contributed by atoms with E-state index in [4.69, 9.17) is 10.8 Å². The molecule has 1 aliphatic heterocycles. The van der Waals surface area contributed by atoms with Crippen molar-refractivity contribution in [1.29, 1.82) is 0 Å². The van der Waals surface area contributed by atoms with E-state index < -0.39 is 0 Å². The summed E-state index contributed by atoms with van der Waals surface area (Å²) in [6.07, 6.45) is 3.56. The van der Waals surface area contributed by atoms with Gasteiger partial charge in [0, 0.05) is 0 Å². The van der Waals surface area contributed by atoms with Crippen LogP contribution in [0.5, 0.6) is 0 Å². The fourth-order valence-corrected chi connectivity index (χ4v) is 8.66. The first-order chi connectivity index (χ1) is 8.47. The summed E-state index contributed by atoms with van der Waals surface area (Å²) in [5.41, 5.74) is 5.98. The molecule has 5 heteroatoms. The maximum atomic E-state index is 8.32. The number of alkyl halides is 3. The van der Waals surface area contributed by atoms with Gasteiger partial charge < -0.3 is 0 Å². The Labute approximate surface area is 141 Å². The summed E-state index contributed by atoms with van der Waals surface area (Å²) in [6, 6.07) is 0. The first-order valence-electron chi connectivity index (χ1n) is 6.76. The Kier molecular flexibility index (Phi) is 8.79. The Bertz CT molecular complexity index is 245. The molecule has 18 heavy (non-hydrogen) atoms. The quantitative estimate of drug-likeness (QED) is 0.219. The predicted octanol–water partition coefficient (Wildman–Crippen LogP) is -0.946. The maximum absolute atomic E-state index is 8.32. The number of rotatable bonds is 2. The normalized spacial score (nSPS) is 44.1. The summed E-state index contributed by atoms with van der Waals surface area (Å²) < 4.78 is 2.25. The number of hydrogen-bond donors (Lipinski definition) is 2. The zero-order valence-corrected chi connectivity index (χ0v) is 16.5. The fourth-order valence-electron chi connectivity index (χ4n) is 2.59. The number of halogens is 2. The van der Waals surface area contributed by atoms with E-state index in [1.165, 1.54) is 12.8 Å². The van der Waals surface area contributed by atoms with E-state index in [9.17, 15) is 0 Å². The van der Waals surface area contributed by atoms with Crippen molar-refractivity contribution in [2.24, 2.45) is 17.6 Å². The van der Waals surface area contributed by atoms with E-state index in [0.717, 1.165) is 26.6 Å². The first-order valence-corrected chi connectivity index (χ1v) is 11.1. The Morgan fingerprint density at radius 3 is 2.56 bits per heavy atom. The zero-order chi connectivity index (χ0) is 13.7. The average molecular weight is 499 g/mol. The van der Waals surface area contributed by atoms with Crippen LogP contribution < -0.4 is 26.9 Å². The summed E-state index contributed by atoms with van der Waals surface area (Å²) in [4.78, 5) is 0. The molecule has 1 rings (SSSR count). The second-order valence-corrected chi connectivity index (χ2v) is 11.9. The van der Waals surface area contributed by atoms with E-state index in [1.54, 1.807) is 0 Å². The molecule has 1 fully saturated rings. The van der Waals surface area contributed by atoms with Crippen molar-refractivity contribution in [3.63, 3.8) is 0 Å². The van der Waals surface area contributed by atoms with Gasteiger partial charge in [-0.2, -0.15) is 0 Å². The van der Waals surface area contributed by atoms with Crippen LogP contribution in [0.25, 0.3) is 0 Å². The average Bonchev–Trinajstić information content (AvgIpc) is 2.33. The fraction of sp³-hybridized carbons (Fsp3) is 1.00. The van der Waals surface area contributed by atoms with Gasteiger partial charge in [-0.1, -0.05) is 0 Å². The van der Waals surface area contributed by atoms with Crippen molar-refractivity contribution >= 4 is 35.2 Å². The molecule has 1 heterocycles. The minimum atomic E-state index is 0.103. The Morgan fingerprint density at radius 1 is 1.33 bits per heavy atom. The molecule has 2 nitrogen and oxygen atoms in total. The van der Waals surface area contributed by atoms with Crippen LogP contribution in [0.15, 0.2) is 0 Å². The summed E-state index contributed by atoms with van der Waals surface area (Å²) >= 11 is 7.25. The van der Waals surface area contributed by atoms with Gasteiger partial charge in [0.2, 0.25) is 0 Å². The van der Waals surface area contributed by atoms with Gasteiger partial charge in [0.1, 0.15) is 0 Å². The molecule has 1 aliphatic rings. The van der Waals surface area contributed by atoms with Crippen LogP contribution in [0.3, 0.4) is 0 Å². The van der Waals surface area contributed by atoms with E-state index in [-0.39, 0.29) is 27.3 Å². The zero-order valence-electron chi connectivity index (χ0n) is 11.3. The van der Waals surface area contributed by atoms with E-state index in [1.807, 2.05) is 0 Å². The van der Waals surface area contributed by atoms with Crippen LogP contribution in [0.4, 0.5) is 0 Å². The van der Waals surface area contributed by atoms with Crippen LogP contribution >= 0.6 is 35.2 Å². The molecule has 6 atom stereocenters. The van der Waals surface area contributed by atoms with Gasteiger partial charge in [0.05, 0.1) is 0 Å². The SMILES string of the molecule is CC1C[C@H](C)[C@@H]([OH2+])C[C@H](CS)CC(I)C(CN)[I-]1. The molecular formula is C13H27I2NOS. The van der Waals surface area contributed by atoms with E-state index >= 15 is 0 Å². The second kappa shape index (κ2) is 8.89. The number of nitrogens with two attached hydrogens (primary N) is 1. The van der Waals surface area contributed by atoms with Gasteiger partial charge in [0.25, 0.3) is 0 Å². The van der Waals surface area contributed by atoms with Gasteiger partial charge >= 0.3 is 142 Å². The van der Waals surface area contributed by atoms with E-state index in [2.05, 4.69) is 49.1 Å². The van der Waals surface area contributed by atoms with Gasteiger partial charge in [-0.3, -0.25) is 0 Å². The summed E-state index contributed by atoms with van der Waals surface area (Å²) in [5, 5.41) is 8.32. The third-order valence-electron chi connectivity index (χ3n) is 3.78. The monoisotopic (exact) mass is 499 g/mol. The van der Waals surface area contributed by atoms with Crippen molar-refractivity contribution in [3.8, 4) is 0 Å². The molecule has 4 N–H and O–H groups in total. The van der Waals surface area contributed by atoms with Crippen LogP contribution in [0, 0.1) is 11.8 Å². The first kappa shape index (κ1) is 17.8. The van der Waals surface area contributed by atoms with Gasteiger partial charge in [-0.25, -0.2) is 0 Å². The van der Waals surface area contributed by atoms with Crippen molar-refractivity contribution in [2.45, 2.75) is 51.0 Å². The Hall–Kier alpha value is 1.73. The van der Waals surface area contributed by atoms with Gasteiger partial charge in [-0.15, -0.1) is 0 Å². The van der Waals surface area contributed by atoms with E-state index in [0.29, 0.717) is 15.8 Å². The van der Waals surface area contributed by atoms with Crippen LogP contribution in [-0.2, 0) is 0 Å². The molecular weight excluding hydrogens is 472 g/mol. The summed E-state index contributed by atoms with van der Waals surface area (Å²) in [7, 11) is 0. The van der Waals surface area contributed by atoms with Crippen molar-refractivity contribution in [3.05, 3.63) is 0 Å². The third kappa shape index (κ3) is 5.61. The number of hydrogen-bond acceptors (Lipinski definition) is 2. The molecule has 1 saturated heterocycles. The molecule has 0 spiro atoms. The molecule has 0 aliphatic carbocycles. The standard InChI is InChI=1S/C13H26I2NOS/c1-8-3-9(2)15-12(6-16)11(14)4-10(7-18)5-13(8)17/h8-13,17-18H,3-7,16H2,1-2H3/q-1/p+1/t8-,9?,10+,11?,12?,13-/m0/s1. The summed E-state index contributed by atoms with van der Waals surface area (Å²) in [6.45, 7) is 5.48. The predicted molar refractivity (Wildman–Crippen MR) is 87.9 cm³/mol. The number of thiol groups is 1. The van der Waals surface area contributed by atoms with Crippen molar-refractivity contribution in [1.82, 2.24) is 0 Å². The van der Waals surface area contributed by atoms with Gasteiger partial charge in [0.15, 0.2) is 0 Å². The van der Waals surface area contributed by atoms with Crippen LogP contribution in [-0.4, -0.2) is 35.3 Å². The molecule has 0 saturated carbocycles. The topological polar surface area (TPSA) is 48.9 Å². The molecule has 0 aromatic heterocycles. The Morgan fingerprint density at radius 2 is 2.00 bits per heavy atom.